The largest absolute Gasteiger partial charge is 0.459 e. The molecule has 422 valence electrons. The minimum atomic E-state index is -0.897. The van der Waals surface area contributed by atoms with Gasteiger partial charge in [-0.2, -0.15) is 0 Å². The third-order valence-electron chi connectivity index (χ3n) is 21.4. The summed E-state index contributed by atoms with van der Waals surface area (Å²) in [4.78, 5) is 14.6. The van der Waals surface area contributed by atoms with Crippen LogP contribution in [0.3, 0.4) is 0 Å². The molecule has 1 unspecified atom stereocenters. The fourth-order valence-electron chi connectivity index (χ4n) is 17.8. The van der Waals surface area contributed by atoms with Crippen molar-refractivity contribution >= 4 is 5.97 Å². The molecule has 16 heterocycles. The normalized spacial score (nSPS) is 59.3. The minimum Gasteiger partial charge on any atom is -0.459 e. The Morgan fingerprint density at radius 2 is 1.17 bits per heavy atom. The van der Waals surface area contributed by atoms with E-state index in [9.17, 15) is 9.90 Å². The number of aliphatic hydroxyl groups is 1. The molecule has 76 heavy (non-hydrogen) atoms. The number of hydrogen-bond acceptors (Lipinski definition) is 18. The zero-order valence-corrected chi connectivity index (χ0v) is 44.9. The van der Waals surface area contributed by atoms with Crippen molar-refractivity contribution in [1.29, 1.82) is 0 Å². The summed E-state index contributed by atoms with van der Waals surface area (Å²) in [6.45, 7) is 18.2. The van der Waals surface area contributed by atoms with Crippen molar-refractivity contribution in [3.63, 3.8) is 0 Å². The van der Waals surface area contributed by atoms with E-state index in [1.807, 2.05) is 0 Å². The van der Waals surface area contributed by atoms with E-state index in [1.54, 1.807) is 0 Å². The van der Waals surface area contributed by atoms with Gasteiger partial charge in [-0.05, 0) is 73.8 Å². The molecule has 16 aliphatic heterocycles. The zero-order valence-electron chi connectivity index (χ0n) is 44.9. The molecule has 3 N–H and O–H groups in total. The predicted molar refractivity (Wildman–Crippen MR) is 265 cm³/mol. The molecule has 31 atom stereocenters. The molecule has 0 amide bonds. The van der Waals surface area contributed by atoms with Crippen molar-refractivity contribution in [3.8, 4) is 0 Å². The number of fused-ring (bicyclic) bond motifs is 10. The van der Waals surface area contributed by atoms with Gasteiger partial charge in [-0.25, -0.2) is 0 Å². The van der Waals surface area contributed by atoms with E-state index in [1.165, 1.54) is 0 Å². The number of ether oxygens (including phenoxy) is 15. The van der Waals surface area contributed by atoms with E-state index in [4.69, 9.17) is 76.8 Å². The SMILES string of the molecule is C=C1C[C@H]2CC[C@]34C[C@@H]5O[C@H]6[C@@H](O[C@H]7CC[C@H](CC(=O)O[C@@H]8[C@@H](C)[C@@H]9O[C@@H]%10CC%11(C[C@H]%12O[C@]%13(C[C@@H](C)[C@@H]%14O[C@@H](CN)[C@H](O)C[C@@H]%14O%13)C[C@H](C)[C@@H]%12O%11)O[C@@H]%10C[C@@H]9O[C@H]8C[C@H]8O[C@H](CC[C@H]1O2)C[C@@H](C)C8=C)O[C@@H]7[C@H]6O3)[C@H]5O4. The van der Waals surface area contributed by atoms with Gasteiger partial charge < -0.3 is 81.9 Å². The fraction of sp³-hybridized carbons (Fsp3) is 0.914. The number of rotatable bonds is 1. The van der Waals surface area contributed by atoms with E-state index >= 15 is 0 Å². The van der Waals surface area contributed by atoms with Gasteiger partial charge in [-0.3, -0.25) is 4.79 Å². The van der Waals surface area contributed by atoms with Gasteiger partial charge in [0.25, 0.3) is 0 Å². The Morgan fingerprint density at radius 3 is 2.03 bits per heavy atom. The Morgan fingerprint density at radius 1 is 0.500 bits per heavy atom. The summed E-state index contributed by atoms with van der Waals surface area (Å²) in [5.41, 5.74) is 8.12. The summed E-state index contributed by atoms with van der Waals surface area (Å²) >= 11 is 0. The number of carbonyl (C=O) groups excluding carboxylic acids is 1. The van der Waals surface area contributed by atoms with Crippen LogP contribution in [0.5, 0.6) is 0 Å². The molecule has 0 aromatic heterocycles. The molecular formula is C58H83NO17. The van der Waals surface area contributed by atoms with Crippen molar-refractivity contribution in [3.05, 3.63) is 24.3 Å². The molecule has 0 aliphatic carbocycles. The highest BCUT2D eigenvalue weighted by molar-refractivity contribution is 5.70. The molecule has 16 rings (SSSR count). The van der Waals surface area contributed by atoms with Crippen LogP contribution in [-0.2, 0) is 75.8 Å². The Bertz CT molecular complexity index is 2270. The van der Waals surface area contributed by atoms with Gasteiger partial charge in [0.15, 0.2) is 17.4 Å². The van der Waals surface area contributed by atoms with E-state index < -0.39 is 54.0 Å². The Balaban J connectivity index is 0.669. The second-order valence-electron chi connectivity index (χ2n) is 26.7. The highest BCUT2D eigenvalue weighted by Gasteiger charge is 2.70. The quantitative estimate of drug-likeness (QED) is 0.258. The summed E-state index contributed by atoms with van der Waals surface area (Å²) in [5, 5.41) is 10.9. The number of carbonyl (C=O) groups is 1. The van der Waals surface area contributed by atoms with E-state index in [-0.39, 0.29) is 152 Å². The van der Waals surface area contributed by atoms with Gasteiger partial charge in [0.1, 0.15) is 36.6 Å². The highest BCUT2D eigenvalue weighted by atomic mass is 16.8. The first-order chi connectivity index (χ1) is 36.6. The fourth-order valence-corrected chi connectivity index (χ4v) is 17.8. The topological polar surface area (TPSA) is 202 Å². The van der Waals surface area contributed by atoms with Crippen LogP contribution >= 0.6 is 0 Å². The molecule has 18 heteroatoms. The Labute approximate surface area is 446 Å². The smallest absolute Gasteiger partial charge is 0.308 e. The summed E-state index contributed by atoms with van der Waals surface area (Å²) in [6, 6.07) is 0. The van der Waals surface area contributed by atoms with E-state index in [0.717, 1.165) is 49.7 Å². The van der Waals surface area contributed by atoms with Crippen molar-refractivity contribution in [1.82, 2.24) is 0 Å². The summed E-state index contributed by atoms with van der Waals surface area (Å²) in [6.07, 6.45) is 4.05. The van der Waals surface area contributed by atoms with Gasteiger partial charge in [-0.1, -0.05) is 40.9 Å². The van der Waals surface area contributed by atoms with Crippen LogP contribution in [-0.4, -0.2) is 181 Å². The minimum absolute atomic E-state index is 0.00857. The first-order valence-electron chi connectivity index (χ1n) is 29.8. The van der Waals surface area contributed by atoms with Crippen molar-refractivity contribution in [2.75, 3.05) is 6.54 Å². The molecule has 16 fully saturated rings. The van der Waals surface area contributed by atoms with Crippen LogP contribution in [0.4, 0.5) is 0 Å². The summed E-state index contributed by atoms with van der Waals surface area (Å²) in [7, 11) is 0. The monoisotopic (exact) mass is 1070 g/mol. The highest BCUT2D eigenvalue weighted by Crippen LogP contribution is 2.57. The third-order valence-corrected chi connectivity index (χ3v) is 21.4. The first kappa shape index (κ1) is 51.2. The van der Waals surface area contributed by atoms with Crippen molar-refractivity contribution in [2.24, 2.45) is 29.4 Å². The van der Waals surface area contributed by atoms with E-state index in [0.29, 0.717) is 64.2 Å². The molecule has 0 aromatic carbocycles. The van der Waals surface area contributed by atoms with E-state index in [2.05, 4.69) is 40.9 Å². The number of esters is 1. The van der Waals surface area contributed by atoms with Crippen molar-refractivity contribution in [2.45, 2.75) is 301 Å². The maximum absolute atomic E-state index is 14.6. The van der Waals surface area contributed by atoms with Gasteiger partial charge in [0.05, 0.1) is 116 Å². The summed E-state index contributed by atoms with van der Waals surface area (Å²) < 4.78 is 103. The van der Waals surface area contributed by atoms with Gasteiger partial charge in [0.2, 0.25) is 0 Å². The summed E-state index contributed by atoms with van der Waals surface area (Å²) in [5.74, 6) is -2.57. The van der Waals surface area contributed by atoms with Crippen LogP contribution in [0, 0.1) is 23.7 Å². The van der Waals surface area contributed by atoms with Gasteiger partial charge in [0, 0.05) is 70.3 Å². The maximum Gasteiger partial charge on any atom is 0.308 e. The molecule has 0 radical (unpaired) electrons. The molecule has 16 aliphatic rings. The maximum atomic E-state index is 14.6. The average molecular weight is 1070 g/mol. The Kier molecular flexibility index (Phi) is 12.8. The van der Waals surface area contributed by atoms with Gasteiger partial charge >= 0.3 is 5.97 Å². The van der Waals surface area contributed by atoms with Crippen LogP contribution in [0.1, 0.15) is 137 Å². The van der Waals surface area contributed by atoms with Crippen LogP contribution in [0.2, 0.25) is 0 Å². The molecule has 3 spiro atoms. The zero-order chi connectivity index (χ0) is 51.7. The molecule has 12 bridgehead atoms. The molecule has 0 aromatic rings. The average Bonchev–Trinajstić information content (AvgIpc) is 4.36. The van der Waals surface area contributed by atoms with Gasteiger partial charge in [-0.15, -0.1) is 0 Å². The lowest BCUT2D eigenvalue weighted by Crippen LogP contribution is -2.63. The third kappa shape index (κ3) is 8.56. The van der Waals surface area contributed by atoms with Crippen LogP contribution < -0.4 is 5.73 Å². The predicted octanol–water partition coefficient (Wildman–Crippen LogP) is 5.14. The number of hydrogen-bond donors (Lipinski definition) is 2. The lowest BCUT2D eigenvalue weighted by Gasteiger charge is -2.54. The second kappa shape index (κ2) is 18.9. The first-order valence-corrected chi connectivity index (χ1v) is 29.8. The number of aliphatic hydroxyl groups excluding tert-OH is 1. The lowest BCUT2D eigenvalue weighted by atomic mass is 9.78. The molecule has 18 nitrogen and oxygen atoms in total. The van der Waals surface area contributed by atoms with Crippen LogP contribution in [0.25, 0.3) is 0 Å². The molecule has 0 saturated carbocycles. The van der Waals surface area contributed by atoms with Crippen molar-refractivity contribution < 1.29 is 81.0 Å². The second-order valence-corrected chi connectivity index (χ2v) is 26.7. The molecular weight excluding hydrogens is 983 g/mol. The van der Waals surface area contributed by atoms with Crippen LogP contribution in [0.15, 0.2) is 24.3 Å². The Hall–Kier alpha value is -1.69. The molecule has 16 saturated heterocycles. The lowest BCUT2D eigenvalue weighted by molar-refractivity contribution is -0.370. The number of nitrogens with two attached hydrogens (primary N) is 1. The standard InChI is InChI=1S/C58H83NO17/c1-25-13-31-7-9-35-26(2)14-33(62-35)11-12-56-22-43-52(75-56)53-54(68-43)55(76-56)51-36(66-53)10-8-32(64-51)15-46(61)70-50-30(6)49-40(65-39(50)17-37(63-31)29(25)5)18-38-42(67-49)21-58(71-38)23-44-48(74-58)28(4)20-57(73-44)19-27(3)47-41(72-57)16-34(60)45(24-59)69-47/h25,27-28,30-45,47-55,60H,2,5,7-24,59H2,1,3-4,6H3/t25-,27-,28+,30+,31-,32-,33-,34-,35-,36+,37-,38-,39+,40+,41+,42-,43+,44-,45+,47+,48+,49+,50-,51+,52+,53+,54+,55-,56-,57-,58?/m1/s1.